The Kier molecular flexibility index (Phi) is 18.4. The van der Waals surface area contributed by atoms with Crippen molar-refractivity contribution in [2.45, 2.75) is 92.3 Å². The van der Waals surface area contributed by atoms with E-state index >= 15 is 0 Å². The van der Waals surface area contributed by atoms with E-state index in [2.05, 4.69) is 46.5 Å². The molecule has 0 atom stereocenters. The summed E-state index contributed by atoms with van der Waals surface area (Å²) in [7, 11) is 0. The van der Waals surface area contributed by atoms with Crippen molar-refractivity contribution in [2.24, 2.45) is 0 Å². The van der Waals surface area contributed by atoms with Crippen LogP contribution in [0.25, 0.3) is 0 Å². The number of halogens is 2. The number of aromatic hydroxyl groups is 2. The Morgan fingerprint density at radius 2 is 1.10 bits per heavy atom. The Morgan fingerprint density at radius 3 is 1.35 bits per heavy atom. The molecule has 0 aliphatic carbocycles. The fraction of sp³-hybridized carbons (Fsp3) is 0.438. The molecule has 0 aliphatic heterocycles. The van der Waals surface area contributed by atoms with Gasteiger partial charge in [-0.15, -0.1) is 0 Å². The molecule has 1 aromatic heterocycles. The number of aromatic nitrogens is 1. The van der Waals surface area contributed by atoms with Crippen LogP contribution in [0, 0.1) is 0 Å². The molecule has 0 saturated carbocycles. The Balaban J connectivity index is 0. The SMILES string of the molecule is CC(C)Oc1ccc(O)c(C(C)(C)C)c1.CC(C)Oc1ccc(O)c(C(C)(C)C)c1.[Cl-].[Cl-].[Ti]=[CH]c1ccccn1. The molecule has 0 radical (unpaired) electrons. The monoisotopic (exact) mass is 625 g/mol. The Morgan fingerprint density at radius 1 is 0.700 bits per heavy atom. The van der Waals surface area contributed by atoms with Gasteiger partial charge in [-0.25, -0.2) is 0 Å². The summed E-state index contributed by atoms with van der Waals surface area (Å²) >= 11 is 1.97. The van der Waals surface area contributed by atoms with Gasteiger partial charge < -0.3 is 44.5 Å². The summed E-state index contributed by atoms with van der Waals surface area (Å²) in [6, 6.07) is 16.7. The van der Waals surface area contributed by atoms with Gasteiger partial charge in [0.1, 0.15) is 23.0 Å². The number of hydrogen-bond acceptors (Lipinski definition) is 5. The quantitative estimate of drug-likeness (QED) is 0.423. The van der Waals surface area contributed by atoms with Crippen molar-refractivity contribution in [3.63, 3.8) is 0 Å². The second-order valence-corrected chi connectivity index (χ2v) is 12.0. The van der Waals surface area contributed by atoms with E-state index in [0.717, 1.165) is 28.3 Å². The number of ether oxygens (including phenoxy) is 2. The van der Waals surface area contributed by atoms with E-state index in [-0.39, 0.29) is 47.9 Å². The van der Waals surface area contributed by atoms with Gasteiger partial charge >= 0.3 is 59.4 Å². The second-order valence-electron chi connectivity index (χ2n) is 11.6. The van der Waals surface area contributed by atoms with Gasteiger partial charge in [0.15, 0.2) is 0 Å². The van der Waals surface area contributed by atoms with Gasteiger partial charge in [-0.2, -0.15) is 0 Å². The topological polar surface area (TPSA) is 71.8 Å². The molecular weight excluding hydrogens is 581 g/mol. The number of nitrogens with zero attached hydrogens (tertiary/aromatic N) is 1. The van der Waals surface area contributed by atoms with Crippen LogP contribution >= 0.6 is 0 Å². The normalized spacial score (nSPS) is 10.6. The summed E-state index contributed by atoms with van der Waals surface area (Å²) in [5.41, 5.74) is 2.73. The van der Waals surface area contributed by atoms with Crippen molar-refractivity contribution in [3.05, 3.63) is 77.6 Å². The summed E-state index contributed by atoms with van der Waals surface area (Å²) in [5, 5.41) is 19.5. The fourth-order valence-corrected chi connectivity index (χ4v) is 3.65. The predicted molar refractivity (Wildman–Crippen MR) is 155 cm³/mol. The molecule has 0 amide bonds. The molecule has 3 rings (SSSR count). The standard InChI is InChI=1S/2C13H20O2.C6H5N.2ClH.Ti/c2*1-9(2)15-10-6-7-12(14)11(8-10)13(3,4)5;1-6-4-2-3-5-7-6;;;/h2*6-9,14H,1-5H3;1-5H;2*1H;/p-2. The van der Waals surface area contributed by atoms with E-state index in [4.69, 9.17) is 9.47 Å². The molecular formula is C32H45Cl2NO4Ti-2. The van der Waals surface area contributed by atoms with Crippen molar-refractivity contribution in [1.29, 1.82) is 0 Å². The molecule has 222 valence electrons. The first-order chi connectivity index (χ1) is 17.5. The van der Waals surface area contributed by atoms with Crippen LogP contribution in [0.4, 0.5) is 0 Å². The molecule has 8 heteroatoms. The minimum atomic E-state index is -0.0690. The van der Waals surface area contributed by atoms with Crippen molar-refractivity contribution in [1.82, 2.24) is 4.98 Å². The average Bonchev–Trinajstić information content (AvgIpc) is 2.81. The van der Waals surface area contributed by atoms with Gasteiger partial charge in [0, 0.05) is 11.1 Å². The maximum atomic E-state index is 9.75. The molecule has 0 saturated heterocycles. The molecule has 2 N–H and O–H groups in total. The van der Waals surface area contributed by atoms with E-state index in [0.29, 0.717) is 11.5 Å². The van der Waals surface area contributed by atoms with Crippen LogP contribution in [0.3, 0.4) is 0 Å². The summed E-state index contributed by atoms with van der Waals surface area (Å²) in [4.78, 5) is 4.04. The molecule has 2 aromatic carbocycles. The van der Waals surface area contributed by atoms with Crippen LogP contribution < -0.4 is 34.3 Å². The van der Waals surface area contributed by atoms with Gasteiger partial charge in [0.25, 0.3) is 0 Å². The zero-order chi connectivity index (χ0) is 29.1. The first kappa shape index (κ1) is 40.1. The molecule has 3 aromatic rings. The zero-order valence-electron chi connectivity index (χ0n) is 25.4. The third kappa shape index (κ3) is 15.1. The third-order valence-corrected chi connectivity index (χ3v) is 5.59. The predicted octanol–water partition coefficient (Wildman–Crippen LogP) is 1.74. The molecule has 0 bridgehead atoms. The molecule has 0 aliphatic rings. The van der Waals surface area contributed by atoms with Crippen LogP contribution in [-0.4, -0.2) is 31.7 Å². The van der Waals surface area contributed by atoms with Crippen molar-refractivity contribution in [3.8, 4) is 23.0 Å². The average molecular weight is 626 g/mol. The Hall–Kier alpha value is -2.05. The van der Waals surface area contributed by atoms with Gasteiger partial charge in [-0.1, -0.05) is 41.5 Å². The van der Waals surface area contributed by atoms with Crippen LogP contribution in [0.1, 0.15) is 86.1 Å². The van der Waals surface area contributed by atoms with E-state index in [1.165, 1.54) is 0 Å². The summed E-state index contributed by atoms with van der Waals surface area (Å²) in [6.45, 7) is 20.4. The molecule has 5 nitrogen and oxygen atoms in total. The van der Waals surface area contributed by atoms with Gasteiger partial charge in [0.2, 0.25) is 0 Å². The number of rotatable bonds is 5. The first-order valence-corrected chi connectivity index (χ1v) is 13.9. The summed E-state index contributed by atoms with van der Waals surface area (Å²) in [5.74, 6) is 2.29. The molecule has 0 unspecified atom stereocenters. The Labute approximate surface area is 265 Å². The zero-order valence-corrected chi connectivity index (χ0v) is 28.5. The van der Waals surface area contributed by atoms with Crippen LogP contribution in [0.5, 0.6) is 23.0 Å². The van der Waals surface area contributed by atoms with Gasteiger partial charge in [0.05, 0.1) is 12.2 Å². The summed E-state index contributed by atoms with van der Waals surface area (Å²) < 4.78 is 13.2. The maximum absolute atomic E-state index is 9.75. The summed E-state index contributed by atoms with van der Waals surface area (Å²) in [6.07, 6.45) is 2.10. The van der Waals surface area contributed by atoms with Crippen LogP contribution in [0.2, 0.25) is 0 Å². The first-order valence-electron chi connectivity index (χ1n) is 13.0. The van der Waals surface area contributed by atoms with E-state index < -0.39 is 0 Å². The van der Waals surface area contributed by atoms with Crippen LogP contribution in [-0.2, 0) is 30.8 Å². The number of pyridine rings is 1. The van der Waals surface area contributed by atoms with Crippen LogP contribution in [0.15, 0.2) is 60.8 Å². The van der Waals surface area contributed by atoms with E-state index in [1.54, 1.807) is 30.5 Å². The van der Waals surface area contributed by atoms with E-state index in [9.17, 15) is 10.2 Å². The second kappa shape index (κ2) is 18.4. The molecule has 40 heavy (non-hydrogen) atoms. The van der Waals surface area contributed by atoms with E-state index in [1.807, 2.05) is 82.3 Å². The van der Waals surface area contributed by atoms with Gasteiger partial charge in [-0.05, 0) is 74.9 Å². The minimum absolute atomic E-state index is 0. The van der Waals surface area contributed by atoms with Crippen molar-refractivity contribution >= 4 is 4.31 Å². The molecule has 1 heterocycles. The fourth-order valence-electron chi connectivity index (χ4n) is 3.38. The van der Waals surface area contributed by atoms with Crippen molar-refractivity contribution in [2.75, 3.05) is 0 Å². The molecule has 0 spiro atoms. The Bertz CT molecular complexity index is 1070. The number of hydrogen-bond donors (Lipinski definition) is 2. The van der Waals surface area contributed by atoms with Gasteiger partial charge in [-0.3, -0.25) is 0 Å². The third-order valence-electron chi connectivity index (χ3n) is 5.13. The number of phenolic OH excluding ortho intramolecular Hbond substituents is 2. The van der Waals surface area contributed by atoms with Crippen molar-refractivity contribution < 1.29 is 64.5 Å². The number of phenols is 2. The number of benzene rings is 2. The molecule has 0 fully saturated rings.